The zero-order valence-electron chi connectivity index (χ0n) is 13.7. The maximum absolute atomic E-state index is 11.3. The van der Waals surface area contributed by atoms with Crippen molar-refractivity contribution in [2.45, 2.75) is 52.6 Å². The van der Waals surface area contributed by atoms with Crippen LogP contribution < -0.4 is 0 Å². The number of aliphatic hydroxyl groups excluding tert-OH is 1. The number of aliphatic hydroxyl groups is 1. The third-order valence-electron chi connectivity index (χ3n) is 3.48. The van der Waals surface area contributed by atoms with Crippen molar-refractivity contribution in [2.24, 2.45) is 0 Å². The van der Waals surface area contributed by atoms with E-state index in [2.05, 4.69) is 6.08 Å². The maximum Gasteiger partial charge on any atom is 0.154 e. The fraction of sp³-hybridized carbons (Fsp3) is 0.421. The first-order chi connectivity index (χ1) is 10.5. The van der Waals surface area contributed by atoms with E-state index >= 15 is 0 Å². The van der Waals surface area contributed by atoms with E-state index in [0.29, 0.717) is 11.8 Å². The fourth-order valence-electron chi connectivity index (χ4n) is 2.22. The molecule has 1 aromatic carbocycles. The molecule has 0 bridgehead atoms. The van der Waals surface area contributed by atoms with E-state index in [1.807, 2.05) is 32.1 Å². The van der Waals surface area contributed by atoms with Gasteiger partial charge in [0, 0.05) is 0 Å². The van der Waals surface area contributed by atoms with Gasteiger partial charge in [-0.05, 0) is 63.6 Å². The number of unbranched alkanes of at least 4 members (excludes halogenated alkanes) is 1. The van der Waals surface area contributed by atoms with Crippen molar-refractivity contribution >= 4 is 12.4 Å². The molecule has 2 N–H and O–H groups in total. The number of hydrogen-bond acceptors (Lipinski definition) is 3. The van der Waals surface area contributed by atoms with Crippen LogP contribution in [0.3, 0.4) is 0 Å². The van der Waals surface area contributed by atoms with Crippen LogP contribution in [0.2, 0.25) is 0 Å². The van der Waals surface area contributed by atoms with Gasteiger partial charge >= 0.3 is 0 Å². The van der Waals surface area contributed by atoms with E-state index in [-0.39, 0.29) is 11.9 Å². The number of rotatable bonds is 8. The molecular formula is C19H26O3. The average Bonchev–Trinajstić information content (AvgIpc) is 2.45. The molecule has 3 heteroatoms. The molecule has 0 radical (unpaired) electrons. The highest BCUT2D eigenvalue weighted by molar-refractivity contribution is 5.86. The number of aromatic hydroxyl groups is 1. The Bertz CT molecular complexity index is 550. The van der Waals surface area contributed by atoms with Gasteiger partial charge in [-0.1, -0.05) is 29.9 Å². The van der Waals surface area contributed by atoms with Crippen molar-refractivity contribution in [3.05, 3.63) is 46.5 Å². The molecule has 0 heterocycles. The summed E-state index contributed by atoms with van der Waals surface area (Å²) in [6.45, 7) is 5.85. The maximum atomic E-state index is 11.3. The summed E-state index contributed by atoms with van der Waals surface area (Å²) < 4.78 is 0. The zero-order valence-corrected chi connectivity index (χ0v) is 13.7. The number of benzene rings is 1. The molecule has 0 saturated heterocycles. The van der Waals surface area contributed by atoms with Gasteiger partial charge in [-0.3, -0.25) is 4.79 Å². The van der Waals surface area contributed by atoms with E-state index in [1.54, 1.807) is 13.0 Å². The summed E-state index contributed by atoms with van der Waals surface area (Å²) in [4.78, 5) is 11.3. The third-order valence-corrected chi connectivity index (χ3v) is 3.48. The Morgan fingerprint density at radius 2 is 2.00 bits per heavy atom. The van der Waals surface area contributed by atoms with E-state index in [0.717, 1.165) is 36.8 Å². The minimum absolute atomic E-state index is 0.0135. The molecule has 0 aliphatic rings. The first-order valence-corrected chi connectivity index (χ1v) is 7.73. The van der Waals surface area contributed by atoms with Gasteiger partial charge in [-0.25, -0.2) is 0 Å². The van der Waals surface area contributed by atoms with Gasteiger partial charge in [0.1, 0.15) is 5.75 Å². The highest BCUT2D eigenvalue weighted by Gasteiger charge is 2.09. The average molecular weight is 302 g/mol. The zero-order chi connectivity index (χ0) is 16.5. The Morgan fingerprint density at radius 3 is 2.59 bits per heavy atom. The molecule has 3 nitrogen and oxygen atoms in total. The lowest BCUT2D eigenvalue weighted by Crippen LogP contribution is -1.97. The van der Waals surface area contributed by atoms with Crippen molar-refractivity contribution in [3.63, 3.8) is 0 Å². The lowest BCUT2D eigenvalue weighted by atomic mass is 9.97. The van der Waals surface area contributed by atoms with Gasteiger partial charge in [-0.15, -0.1) is 0 Å². The van der Waals surface area contributed by atoms with Gasteiger partial charge < -0.3 is 10.2 Å². The summed E-state index contributed by atoms with van der Waals surface area (Å²) in [6.07, 6.45) is 9.64. The molecule has 120 valence electrons. The van der Waals surface area contributed by atoms with E-state index < -0.39 is 0 Å². The van der Waals surface area contributed by atoms with E-state index in [4.69, 9.17) is 0 Å². The normalized spacial score (nSPS) is 12.4. The Balaban J connectivity index is 2.97. The Labute approximate surface area is 133 Å². The summed E-state index contributed by atoms with van der Waals surface area (Å²) in [5, 5.41) is 19.1. The van der Waals surface area contributed by atoms with E-state index in [1.165, 1.54) is 5.57 Å². The molecule has 0 aromatic heterocycles. The SMILES string of the molecule is CC(C)=CCc1ccc(O)c(C=O)c1C=CCCC[C@@H](C)O. The predicted octanol–water partition coefficient (Wildman–Crippen LogP) is 4.28. The monoisotopic (exact) mass is 302 g/mol. The van der Waals surface area contributed by atoms with Crippen LogP contribution in [0.1, 0.15) is 61.5 Å². The van der Waals surface area contributed by atoms with Crippen LogP contribution in [0.15, 0.2) is 29.9 Å². The van der Waals surface area contributed by atoms with Crippen LogP contribution >= 0.6 is 0 Å². The summed E-state index contributed by atoms with van der Waals surface area (Å²) in [6, 6.07) is 3.43. The second-order valence-corrected chi connectivity index (χ2v) is 5.86. The fourth-order valence-corrected chi connectivity index (χ4v) is 2.22. The quantitative estimate of drug-likeness (QED) is 0.428. The third kappa shape index (κ3) is 5.86. The van der Waals surface area contributed by atoms with Crippen LogP contribution in [0.25, 0.3) is 6.08 Å². The molecule has 1 aromatic rings. The van der Waals surface area contributed by atoms with Gasteiger partial charge in [0.25, 0.3) is 0 Å². The largest absolute Gasteiger partial charge is 0.507 e. The lowest BCUT2D eigenvalue weighted by molar-refractivity contribution is 0.112. The highest BCUT2D eigenvalue weighted by atomic mass is 16.3. The van der Waals surface area contributed by atoms with Crippen molar-refractivity contribution < 1.29 is 15.0 Å². The van der Waals surface area contributed by atoms with Crippen LogP contribution in [-0.4, -0.2) is 22.6 Å². The molecule has 0 saturated carbocycles. The first kappa shape index (κ1) is 18.2. The van der Waals surface area contributed by atoms with Crippen LogP contribution in [-0.2, 0) is 6.42 Å². The highest BCUT2D eigenvalue weighted by Crippen LogP contribution is 2.25. The second kappa shape index (κ2) is 9.21. The molecular weight excluding hydrogens is 276 g/mol. The Hall–Kier alpha value is -1.87. The summed E-state index contributed by atoms with van der Waals surface area (Å²) in [7, 11) is 0. The van der Waals surface area contributed by atoms with Crippen LogP contribution in [0.5, 0.6) is 5.75 Å². The van der Waals surface area contributed by atoms with Crippen molar-refractivity contribution in [2.75, 3.05) is 0 Å². The number of aldehydes is 1. The van der Waals surface area contributed by atoms with Crippen molar-refractivity contribution in [1.29, 1.82) is 0 Å². The molecule has 0 spiro atoms. The second-order valence-electron chi connectivity index (χ2n) is 5.86. The molecule has 1 atom stereocenters. The number of phenolic OH excluding ortho intramolecular Hbond substituents is 1. The molecule has 0 amide bonds. The van der Waals surface area contributed by atoms with Gasteiger partial charge in [0.2, 0.25) is 0 Å². The summed E-state index contributed by atoms with van der Waals surface area (Å²) >= 11 is 0. The number of carbonyl (C=O) groups is 1. The number of hydrogen-bond donors (Lipinski definition) is 2. The molecule has 0 fully saturated rings. The Kier molecular flexibility index (Phi) is 7.61. The molecule has 0 aliphatic heterocycles. The topological polar surface area (TPSA) is 57.5 Å². The minimum atomic E-state index is -0.284. The molecule has 0 aliphatic carbocycles. The number of allylic oxidation sites excluding steroid dienone is 3. The van der Waals surface area contributed by atoms with Crippen LogP contribution in [0, 0.1) is 0 Å². The lowest BCUT2D eigenvalue weighted by Gasteiger charge is -2.09. The van der Waals surface area contributed by atoms with Crippen molar-refractivity contribution in [1.82, 2.24) is 0 Å². The summed E-state index contributed by atoms with van der Waals surface area (Å²) in [5.41, 5.74) is 3.36. The minimum Gasteiger partial charge on any atom is -0.507 e. The smallest absolute Gasteiger partial charge is 0.154 e. The standard InChI is InChI=1S/C19H26O3/c1-14(2)9-10-16-11-12-19(22)18(13-20)17(16)8-6-4-5-7-15(3)21/h6,8-9,11-13,15,21-22H,4-5,7,10H2,1-3H3/t15-/m1/s1. The van der Waals surface area contributed by atoms with Gasteiger partial charge in [0.05, 0.1) is 11.7 Å². The molecule has 0 unspecified atom stereocenters. The predicted molar refractivity (Wildman–Crippen MR) is 91.2 cm³/mol. The molecule has 22 heavy (non-hydrogen) atoms. The number of carbonyl (C=O) groups excluding carboxylic acids is 1. The van der Waals surface area contributed by atoms with Gasteiger partial charge in [0.15, 0.2) is 6.29 Å². The Morgan fingerprint density at radius 1 is 1.27 bits per heavy atom. The summed E-state index contributed by atoms with van der Waals surface area (Å²) in [5.74, 6) is 0.0135. The molecule has 1 rings (SSSR count). The van der Waals surface area contributed by atoms with E-state index in [9.17, 15) is 15.0 Å². The van der Waals surface area contributed by atoms with Crippen LogP contribution in [0.4, 0.5) is 0 Å². The number of phenols is 1. The van der Waals surface area contributed by atoms with Crippen molar-refractivity contribution in [3.8, 4) is 5.75 Å². The first-order valence-electron chi connectivity index (χ1n) is 7.73. The van der Waals surface area contributed by atoms with Gasteiger partial charge in [-0.2, -0.15) is 0 Å².